The molecule has 0 bridgehead atoms. The molecular weight excluding hydrogens is 363 g/mol. The van der Waals surface area contributed by atoms with Crippen LogP contribution in [0.2, 0.25) is 0 Å². The molecule has 3 rings (SSSR count). The Morgan fingerprint density at radius 1 is 1.26 bits per heavy atom. The van der Waals surface area contributed by atoms with Crippen molar-refractivity contribution in [2.45, 2.75) is 18.9 Å². The van der Waals surface area contributed by atoms with Crippen LogP contribution in [0, 0.1) is 31.0 Å². The lowest BCUT2D eigenvalue weighted by molar-refractivity contribution is -0.113. The van der Waals surface area contributed by atoms with Crippen molar-refractivity contribution in [2.75, 3.05) is 11.1 Å². The van der Waals surface area contributed by atoms with E-state index in [9.17, 15) is 14.4 Å². The van der Waals surface area contributed by atoms with Crippen LogP contribution >= 0.6 is 11.8 Å². The van der Waals surface area contributed by atoms with E-state index in [1.165, 1.54) is 23.9 Å². The molecule has 0 unspecified atom stereocenters. The van der Waals surface area contributed by atoms with Gasteiger partial charge >= 0.3 is 0 Å². The van der Waals surface area contributed by atoms with Crippen LogP contribution in [0.4, 0.5) is 10.2 Å². The first-order valence-electron chi connectivity index (χ1n) is 8.23. The maximum absolute atomic E-state index is 13.3. The van der Waals surface area contributed by atoms with Crippen molar-refractivity contribution in [3.63, 3.8) is 0 Å². The van der Waals surface area contributed by atoms with Gasteiger partial charge in [-0.05, 0) is 55.8 Å². The van der Waals surface area contributed by atoms with E-state index in [4.69, 9.17) is 0 Å². The number of rotatable bonds is 5. The predicted octanol–water partition coefficient (Wildman–Crippen LogP) is 4.23. The van der Waals surface area contributed by atoms with E-state index < -0.39 is 0 Å². The Kier molecular flexibility index (Phi) is 5.57. The molecule has 1 amide bonds. The number of carbonyl (C=O) groups is 1. The molecule has 7 heteroatoms. The summed E-state index contributed by atoms with van der Waals surface area (Å²) in [6, 6.07) is 13.6. The number of nitriles is 1. The summed E-state index contributed by atoms with van der Waals surface area (Å²) in [7, 11) is 0. The van der Waals surface area contributed by atoms with Crippen LogP contribution < -0.4 is 5.32 Å². The first kappa shape index (κ1) is 18.7. The first-order chi connectivity index (χ1) is 13.0. The van der Waals surface area contributed by atoms with Gasteiger partial charge in [0.2, 0.25) is 5.91 Å². The van der Waals surface area contributed by atoms with Crippen molar-refractivity contribution >= 4 is 23.5 Å². The Morgan fingerprint density at radius 2 is 2.00 bits per heavy atom. The fourth-order valence-electron chi connectivity index (χ4n) is 2.71. The standard InChI is InChI=1S/C20H17FN4OS/c1-13-14(2)25(16-8-6-15(21)7-9-16)20(17(13)11-22)24-18(26)12-27-19-5-3-4-10-23-19/h3-10H,12H2,1-2H3,(H,24,26). The largest absolute Gasteiger partial charge is 0.310 e. The molecule has 2 aromatic heterocycles. The minimum Gasteiger partial charge on any atom is -0.310 e. The van der Waals surface area contributed by atoms with Crippen LogP contribution in [0.15, 0.2) is 53.7 Å². The Labute approximate surface area is 160 Å². The summed E-state index contributed by atoms with van der Waals surface area (Å²) < 4.78 is 15.0. The lowest BCUT2D eigenvalue weighted by atomic mass is 10.2. The molecule has 0 fully saturated rings. The van der Waals surface area contributed by atoms with Gasteiger partial charge in [0, 0.05) is 17.6 Å². The van der Waals surface area contributed by atoms with Crippen molar-refractivity contribution < 1.29 is 9.18 Å². The molecule has 1 aromatic carbocycles. The Morgan fingerprint density at radius 3 is 2.63 bits per heavy atom. The zero-order valence-electron chi connectivity index (χ0n) is 14.9. The molecule has 3 aromatic rings. The number of anilines is 1. The lowest BCUT2D eigenvalue weighted by Gasteiger charge is -2.13. The first-order valence-corrected chi connectivity index (χ1v) is 9.21. The second-order valence-corrected chi connectivity index (χ2v) is 6.86. The van der Waals surface area contributed by atoms with Crippen molar-refractivity contribution in [3.8, 4) is 11.8 Å². The summed E-state index contributed by atoms with van der Waals surface area (Å²) in [6.07, 6.45) is 1.67. The molecule has 0 saturated heterocycles. The van der Waals surface area contributed by atoms with Gasteiger partial charge in [-0.15, -0.1) is 0 Å². The third-order valence-corrected chi connectivity index (χ3v) is 5.10. The molecule has 0 aliphatic rings. The van der Waals surface area contributed by atoms with Crippen molar-refractivity contribution in [2.24, 2.45) is 0 Å². The van der Waals surface area contributed by atoms with Crippen LogP contribution in [-0.2, 0) is 4.79 Å². The van der Waals surface area contributed by atoms with E-state index in [0.29, 0.717) is 17.1 Å². The van der Waals surface area contributed by atoms with Gasteiger partial charge < -0.3 is 5.32 Å². The Balaban J connectivity index is 1.89. The minimum atomic E-state index is -0.349. The Bertz CT molecular complexity index is 1010. The molecule has 0 aliphatic heterocycles. The van der Waals surface area contributed by atoms with Crippen molar-refractivity contribution in [1.82, 2.24) is 9.55 Å². The van der Waals surface area contributed by atoms with Gasteiger partial charge in [-0.25, -0.2) is 9.37 Å². The third kappa shape index (κ3) is 4.01. The summed E-state index contributed by atoms with van der Waals surface area (Å²) in [5.74, 6) is -0.0407. The molecular formula is C20H17FN4OS. The van der Waals surface area contributed by atoms with Crippen LogP contribution in [0.3, 0.4) is 0 Å². The van der Waals surface area contributed by atoms with Crippen LogP contribution in [0.5, 0.6) is 0 Å². The molecule has 2 heterocycles. The summed E-state index contributed by atoms with van der Waals surface area (Å²) >= 11 is 1.31. The summed E-state index contributed by atoms with van der Waals surface area (Å²) in [5.41, 5.74) is 2.65. The number of carbonyl (C=O) groups excluding carboxylic acids is 1. The number of benzene rings is 1. The van der Waals surface area contributed by atoms with Gasteiger partial charge in [0.1, 0.15) is 17.7 Å². The fraction of sp³-hybridized carbons (Fsp3) is 0.150. The van der Waals surface area contributed by atoms with Crippen LogP contribution in [0.1, 0.15) is 16.8 Å². The van der Waals surface area contributed by atoms with E-state index in [0.717, 1.165) is 16.3 Å². The second kappa shape index (κ2) is 8.06. The van der Waals surface area contributed by atoms with E-state index in [1.807, 2.05) is 32.0 Å². The molecule has 0 atom stereocenters. The van der Waals surface area contributed by atoms with Gasteiger partial charge in [0.05, 0.1) is 16.3 Å². The number of amides is 1. The molecule has 5 nitrogen and oxygen atoms in total. The molecule has 1 N–H and O–H groups in total. The summed E-state index contributed by atoms with van der Waals surface area (Å²) in [4.78, 5) is 16.6. The smallest absolute Gasteiger partial charge is 0.235 e. The van der Waals surface area contributed by atoms with Crippen molar-refractivity contribution in [1.29, 1.82) is 5.26 Å². The van der Waals surface area contributed by atoms with E-state index in [-0.39, 0.29) is 17.5 Å². The zero-order chi connectivity index (χ0) is 19.4. The summed E-state index contributed by atoms with van der Waals surface area (Å²) in [6.45, 7) is 3.68. The van der Waals surface area contributed by atoms with Crippen LogP contribution in [0.25, 0.3) is 5.69 Å². The highest BCUT2D eigenvalue weighted by Crippen LogP contribution is 2.30. The second-order valence-electron chi connectivity index (χ2n) is 5.86. The number of hydrogen-bond donors (Lipinski definition) is 1. The molecule has 27 heavy (non-hydrogen) atoms. The van der Waals surface area contributed by atoms with Gasteiger partial charge in [-0.2, -0.15) is 5.26 Å². The maximum Gasteiger partial charge on any atom is 0.235 e. The molecule has 0 spiro atoms. The number of halogens is 1. The van der Waals surface area contributed by atoms with E-state index >= 15 is 0 Å². The number of nitrogens with one attached hydrogen (secondary N) is 1. The molecule has 0 radical (unpaired) electrons. The maximum atomic E-state index is 13.3. The molecule has 0 aliphatic carbocycles. The fourth-order valence-corrected chi connectivity index (χ4v) is 3.38. The number of nitrogens with zero attached hydrogens (tertiary/aromatic N) is 3. The topological polar surface area (TPSA) is 70.7 Å². The monoisotopic (exact) mass is 380 g/mol. The molecule has 136 valence electrons. The number of thioether (sulfide) groups is 1. The highest BCUT2D eigenvalue weighted by Gasteiger charge is 2.20. The SMILES string of the molecule is Cc1c(C#N)c(NC(=O)CSc2ccccn2)n(-c2ccc(F)cc2)c1C. The van der Waals surface area contributed by atoms with Gasteiger partial charge in [0.15, 0.2) is 0 Å². The number of hydrogen-bond acceptors (Lipinski definition) is 4. The van der Waals surface area contributed by atoms with Gasteiger partial charge in [-0.3, -0.25) is 9.36 Å². The van der Waals surface area contributed by atoms with E-state index in [1.54, 1.807) is 22.9 Å². The zero-order valence-corrected chi connectivity index (χ0v) is 15.7. The average molecular weight is 380 g/mol. The number of pyridine rings is 1. The predicted molar refractivity (Wildman–Crippen MR) is 104 cm³/mol. The highest BCUT2D eigenvalue weighted by molar-refractivity contribution is 7.99. The number of aromatic nitrogens is 2. The van der Waals surface area contributed by atoms with E-state index in [2.05, 4.69) is 16.4 Å². The highest BCUT2D eigenvalue weighted by atomic mass is 32.2. The average Bonchev–Trinajstić information content (AvgIpc) is 2.91. The Hall–Kier alpha value is -3.11. The third-order valence-electron chi connectivity index (χ3n) is 4.16. The van der Waals surface area contributed by atoms with Crippen LogP contribution in [-0.4, -0.2) is 21.2 Å². The van der Waals surface area contributed by atoms with Gasteiger partial charge in [0.25, 0.3) is 0 Å². The molecule has 0 saturated carbocycles. The minimum absolute atomic E-state index is 0.161. The normalized spacial score (nSPS) is 10.4. The summed E-state index contributed by atoms with van der Waals surface area (Å²) in [5, 5.41) is 13.1. The van der Waals surface area contributed by atoms with Crippen molar-refractivity contribution in [3.05, 3.63) is 71.3 Å². The van der Waals surface area contributed by atoms with Gasteiger partial charge in [-0.1, -0.05) is 17.8 Å². The quantitative estimate of drug-likeness (QED) is 0.673. The lowest BCUT2D eigenvalue weighted by Crippen LogP contribution is -2.17.